The van der Waals surface area contributed by atoms with Gasteiger partial charge in [0.1, 0.15) is 5.58 Å². The van der Waals surface area contributed by atoms with Crippen molar-refractivity contribution in [2.45, 2.75) is 90.3 Å². The molecule has 0 atom stereocenters. The van der Waals surface area contributed by atoms with Gasteiger partial charge in [0.15, 0.2) is 0 Å². The van der Waals surface area contributed by atoms with Gasteiger partial charge in [-0.05, 0) is 65.3 Å². The zero-order chi connectivity index (χ0) is 49.6. The number of benzene rings is 6. The quantitative estimate of drug-likeness (QED) is 0.107. The Morgan fingerprint density at radius 1 is 0.647 bits per heavy atom. The summed E-state index contributed by atoms with van der Waals surface area (Å²) in [5, 5.41) is 2.14. The maximum absolute atomic E-state index is 7.44. The van der Waals surface area contributed by atoms with Crippen LogP contribution in [0.2, 0.25) is 17.3 Å². The van der Waals surface area contributed by atoms with E-state index in [-0.39, 0.29) is 31.9 Å². The summed E-state index contributed by atoms with van der Waals surface area (Å²) in [5.41, 5.74) is 16.8. The predicted octanol–water partition coefficient (Wildman–Crippen LogP) is 16.2. The van der Waals surface area contributed by atoms with Gasteiger partial charge in [-0.3, -0.25) is 9.97 Å². The van der Waals surface area contributed by atoms with Gasteiger partial charge in [0.05, 0.1) is 33.8 Å². The van der Waals surface area contributed by atoms with Crippen LogP contribution in [0.4, 0.5) is 0 Å². The Kier molecular flexibility index (Phi) is 13.1. The second-order valence-corrected chi connectivity index (χ2v) is 30.1. The van der Waals surface area contributed by atoms with Gasteiger partial charge >= 0.3 is 130 Å². The van der Waals surface area contributed by atoms with Crippen LogP contribution in [0.25, 0.3) is 83.7 Å². The molecule has 5 nitrogen and oxygen atoms in total. The number of pyridine rings is 2. The molecule has 0 bridgehead atoms. The Labute approximate surface area is 423 Å². The van der Waals surface area contributed by atoms with Crippen LogP contribution < -0.4 is 4.40 Å². The van der Waals surface area contributed by atoms with Gasteiger partial charge in [0.25, 0.3) is 0 Å². The number of hydrogen-bond donors (Lipinski definition) is 0. The molecule has 68 heavy (non-hydrogen) atoms. The number of nitrogens with zero attached hydrogens (tertiary/aromatic N) is 4. The molecule has 0 fully saturated rings. The zero-order valence-corrected chi connectivity index (χ0v) is 45.1. The molecule has 6 aromatic carbocycles. The Morgan fingerprint density at radius 3 is 1.91 bits per heavy atom. The normalized spacial score (nSPS) is 12.6. The summed E-state index contributed by atoms with van der Waals surface area (Å²) < 4.78 is 32.7. The van der Waals surface area contributed by atoms with Gasteiger partial charge < -0.3 is 8.98 Å². The van der Waals surface area contributed by atoms with E-state index >= 15 is 0 Å². The van der Waals surface area contributed by atoms with E-state index in [1.807, 2.05) is 30.5 Å². The molecule has 0 aliphatic carbocycles. The maximum atomic E-state index is 7.44. The molecule has 0 saturated carbocycles. The van der Waals surface area contributed by atoms with Crippen molar-refractivity contribution in [3.63, 3.8) is 0 Å². The first-order valence-electron chi connectivity index (χ1n) is 24.9. The van der Waals surface area contributed by atoms with E-state index in [1.54, 1.807) is 18.2 Å². The number of rotatable bonds is 9. The van der Waals surface area contributed by atoms with Crippen LogP contribution in [-0.2, 0) is 20.1 Å². The molecule has 4 aromatic heterocycles. The smallest absolute Gasteiger partial charge is 0 e. The summed E-state index contributed by atoms with van der Waals surface area (Å²) in [6.07, 6.45) is 2.02. The average Bonchev–Trinajstić information content (AvgIpc) is 3.93. The molecule has 1 radical (unpaired) electrons. The molecular formula is C61H60GeIrN4O-2. The van der Waals surface area contributed by atoms with Crippen LogP contribution in [0.3, 0.4) is 0 Å². The van der Waals surface area contributed by atoms with E-state index < -0.39 is 20.1 Å². The minimum Gasteiger partial charge on any atom is 0 e. The standard InChI is InChI=1S/C43H36N3O.C18H24GeN.Ir/c1-26(2)35-23-31(29-15-8-6-9-16-29)24-36(27(3)4)41(35)46-40-28(5)44-37(30-17-10-7-11-18-30)25-38(40)45-43(46)34-21-14-20-33-32-19-12-13-22-39(32)47-42(33)34;1-13(2)16-11-18(15-9-7-14(3)8-10-15)20-12-17(16)19(4,5)6;/h6-20,22-27H,1-5H3;7-9,11-13H,1-6H3;/q2*-1;/i;3D3;. The molecule has 0 unspecified atom stereocenters. The van der Waals surface area contributed by atoms with Crippen molar-refractivity contribution in [2.24, 2.45) is 0 Å². The van der Waals surface area contributed by atoms with Gasteiger partial charge in [0, 0.05) is 36.7 Å². The monoisotopic (exact) mass is 1130 g/mol. The van der Waals surface area contributed by atoms with Crippen LogP contribution in [0, 0.1) is 25.9 Å². The van der Waals surface area contributed by atoms with Gasteiger partial charge in [-0.15, -0.1) is 18.2 Å². The van der Waals surface area contributed by atoms with E-state index in [0.717, 1.165) is 78.3 Å². The fraction of sp³-hybridized carbons (Fsp3) is 0.230. The second kappa shape index (κ2) is 20.0. The van der Waals surface area contributed by atoms with Crippen molar-refractivity contribution < 1.29 is 28.6 Å². The number of aromatic nitrogens is 4. The third-order valence-electron chi connectivity index (χ3n) is 12.6. The Morgan fingerprint density at radius 2 is 1.29 bits per heavy atom. The molecular weight excluding hydrogens is 1070 g/mol. The summed E-state index contributed by atoms with van der Waals surface area (Å²) in [5.74, 6) is 8.87. The summed E-state index contributed by atoms with van der Waals surface area (Å²) >= 11 is -1.97. The van der Waals surface area contributed by atoms with E-state index in [4.69, 9.17) is 18.5 Å². The van der Waals surface area contributed by atoms with Crippen molar-refractivity contribution in [3.05, 3.63) is 186 Å². The van der Waals surface area contributed by atoms with Crippen LogP contribution in [0.15, 0.2) is 150 Å². The van der Waals surface area contributed by atoms with Crippen LogP contribution in [-0.4, -0.2) is 32.8 Å². The van der Waals surface area contributed by atoms with Crippen molar-refractivity contribution in [3.8, 4) is 50.7 Å². The first kappa shape index (κ1) is 44.6. The number of imidazole rings is 1. The molecule has 0 aliphatic heterocycles. The SMILES string of the molecule is Cc1nc(-c2ccccc2)cc2nc(-c3[c-]ccc4c3oc3ccccc34)n(-c3c(C(C)C)cc(-c4ccccc4)cc3C(C)C)c12.[2H]C([2H])([2H])c1c[c-]c(-c2cc(C(C)C)[c]([Ge]([CH3])([CH3])[CH3])cn2)cc1.[Ir]. The van der Waals surface area contributed by atoms with Crippen LogP contribution >= 0.6 is 0 Å². The van der Waals surface area contributed by atoms with Crippen molar-refractivity contribution in [1.82, 2.24) is 19.5 Å². The first-order chi connectivity index (χ1) is 33.4. The first-order valence-corrected chi connectivity index (χ1v) is 30.8. The maximum Gasteiger partial charge on any atom is 0 e. The molecule has 10 rings (SSSR count). The van der Waals surface area contributed by atoms with E-state index in [9.17, 15) is 0 Å². The van der Waals surface area contributed by atoms with Gasteiger partial charge in [-0.2, -0.15) is 0 Å². The molecule has 0 spiro atoms. The fourth-order valence-corrected chi connectivity index (χ4v) is 12.7. The zero-order valence-electron chi connectivity index (χ0n) is 43.6. The van der Waals surface area contributed by atoms with Gasteiger partial charge in [-0.25, -0.2) is 0 Å². The fourth-order valence-electron chi connectivity index (χ4n) is 9.20. The van der Waals surface area contributed by atoms with Crippen molar-refractivity contribution >= 4 is 50.6 Å². The third kappa shape index (κ3) is 9.56. The molecule has 0 aliphatic rings. The van der Waals surface area contributed by atoms with Crippen molar-refractivity contribution in [1.29, 1.82) is 0 Å². The van der Waals surface area contributed by atoms with Gasteiger partial charge in [0.2, 0.25) is 0 Å². The largest absolute Gasteiger partial charge is 0 e. The molecule has 0 N–H and O–H groups in total. The minimum absolute atomic E-state index is 0. The number of furan rings is 1. The van der Waals surface area contributed by atoms with Gasteiger partial charge in [-0.1, -0.05) is 118 Å². The molecule has 0 saturated heterocycles. The molecule has 10 aromatic rings. The predicted molar refractivity (Wildman–Crippen MR) is 285 cm³/mol. The Hall–Kier alpha value is -5.92. The molecule has 345 valence electrons. The van der Waals surface area contributed by atoms with E-state index in [1.165, 1.54) is 32.2 Å². The number of para-hydroxylation sites is 1. The number of aryl methyl sites for hydroxylation is 2. The molecule has 0 amide bonds. The number of fused-ring (bicyclic) bond motifs is 4. The second-order valence-electron chi connectivity index (χ2n) is 19.5. The number of hydrogen-bond acceptors (Lipinski definition) is 4. The van der Waals surface area contributed by atoms with E-state index in [0.29, 0.717) is 11.5 Å². The molecule has 4 heterocycles. The topological polar surface area (TPSA) is 56.7 Å². The molecule has 7 heteroatoms. The summed E-state index contributed by atoms with van der Waals surface area (Å²) in [6.45, 7) is 13.5. The van der Waals surface area contributed by atoms with E-state index in [2.05, 4.69) is 184 Å². The van der Waals surface area contributed by atoms with Crippen molar-refractivity contribution in [2.75, 3.05) is 0 Å². The minimum atomic E-state index is -2.09. The summed E-state index contributed by atoms with van der Waals surface area (Å²) in [7, 11) is 0. The Bertz CT molecular complexity index is 3470. The van der Waals surface area contributed by atoms with Crippen LogP contribution in [0.1, 0.15) is 91.4 Å². The summed E-state index contributed by atoms with van der Waals surface area (Å²) in [4.78, 5) is 15.2. The Balaban J connectivity index is 0.000000238. The third-order valence-corrected chi connectivity index (χ3v) is 16.9. The van der Waals surface area contributed by atoms with Crippen LogP contribution in [0.5, 0.6) is 0 Å². The summed E-state index contributed by atoms with van der Waals surface area (Å²) in [6, 6.07) is 53.9. The average molecular weight is 1130 g/mol.